The van der Waals surface area contributed by atoms with E-state index in [2.05, 4.69) is 5.32 Å². The van der Waals surface area contributed by atoms with Crippen molar-refractivity contribution >= 4 is 32.8 Å². The standard InChI is InChI=1S/C21H27N5O6S/c1-21(2,3)15-22-17-14-16(8-9-18(17)25(27)28)23-10-12-24(13-11-23)33(31,32)20-7-5-4-6-19(20)26(29)30/h4-9,14,22H,10-13,15H2,1-3H3. The number of rotatable bonds is 7. The third kappa shape index (κ3) is 5.57. The smallest absolute Gasteiger partial charge is 0.292 e. The van der Waals surface area contributed by atoms with Crippen molar-refractivity contribution in [2.45, 2.75) is 25.7 Å². The molecule has 0 atom stereocenters. The summed E-state index contributed by atoms with van der Waals surface area (Å²) in [4.78, 5) is 23.2. The van der Waals surface area contributed by atoms with Crippen LogP contribution in [0.1, 0.15) is 20.8 Å². The minimum Gasteiger partial charge on any atom is -0.379 e. The summed E-state index contributed by atoms with van der Waals surface area (Å²) in [5.74, 6) is 0. The van der Waals surface area contributed by atoms with E-state index < -0.39 is 25.6 Å². The lowest BCUT2D eigenvalue weighted by Gasteiger charge is -2.35. The number of hydrogen-bond donors (Lipinski definition) is 1. The molecular formula is C21H27N5O6S. The fourth-order valence-corrected chi connectivity index (χ4v) is 5.11. The fourth-order valence-electron chi connectivity index (χ4n) is 3.53. The number of nitrogens with one attached hydrogen (secondary N) is 1. The molecule has 2 aromatic carbocycles. The van der Waals surface area contributed by atoms with E-state index in [4.69, 9.17) is 0 Å². The molecule has 1 N–H and O–H groups in total. The van der Waals surface area contributed by atoms with Crippen LogP contribution in [0.4, 0.5) is 22.7 Å². The van der Waals surface area contributed by atoms with Crippen molar-refractivity contribution in [1.29, 1.82) is 0 Å². The number of anilines is 2. The molecule has 12 heteroatoms. The summed E-state index contributed by atoms with van der Waals surface area (Å²) < 4.78 is 27.3. The van der Waals surface area contributed by atoms with E-state index in [0.29, 0.717) is 25.3 Å². The third-order valence-corrected chi connectivity index (χ3v) is 7.22. The van der Waals surface area contributed by atoms with Crippen LogP contribution in [-0.2, 0) is 10.0 Å². The highest BCUT2D eigenvalue weighted by Crippen LogP contribution is 2.32. The summed E-state index contributed by atoms with van der Waals surface area (Å²) in [7, 11) is -4.03. The molecule has 0 spiro atoms. The van der Waals surface area contributed by atoms with E-state index in [1.165, 1.54) is 34.6 Å². The molecular weight excluding hydrogens is 450 g/mol. The van der Waals surface area contributed by atoms with Crippen LogP contribution in [0.2, 0.25) is 0 Å². The number of nitro groups is 2. The van der Waals surface area contributed by atoms with Gasteiger partial charge in [-0.1, -0.05) is 32.9 Å². The van der Waals surface area contributed by atoms with Crippen LogP contribution >= 0.6 is 0 Å². The van der Waals surface area contributed by atoms with Crippen molar-refractivity contribution < 1.29 is 18.3 Å². The predicted octanol–water partition coefficient (Wildman–Crippen LogP) is 3.47. The number of piperazine rings is 1. The SMILES string of the molecule is CC(C)(C)CNc1cc(N2CCN(S(=O)(=O)c3ccccc3[N+](=O)[O-])CC2)ccc1[N+](=O)[O-]. The van der Waals surface area contributed by atoms with E-state index in [-0.39, 0.29) is 29.1 Å². The average Bonchev–Trinajstić information content (AvgIpc) is 2.77. The Morgan fingerprint density at radius 1 is 0.939 bits per heavy atom. The minimum atomic E-state index is -4.03. The minimum absolute atomic E-state index is 0.0272. The number of nitro benzene ring substituents is 2. The molecule has 0 bridgehead atoms. The Hall–Kier alpha value is -3.25. The molecule has 1 aliphatic rings. The molecule has 11 nitrogen and oxygen atoms in total. The zero-order valence-corrected chi connectivity index (χ0v) is 19.5. The van der Waals surface area contributed by atoms with Gasteiger partial charge in [0.05, 0.1) is 9.85 Å². The van der Waals surface area contributed by atoms with Crippen LogP contribution in [0.15, 0.2) is 47.4 Å². The second-order valence-electron chi connectivity index (χ2n) is 8.99. The summed E-state index contributed by atoms with van der Waals surface area (Å²) in [6, 6.07) is 10.1. The molecule has 1 aliphatic heterocycles. The van der Waals surface area contributed by atoms with Crippen molar-refractivity contribution in [1.82, 2.24) is 4.31 Å². The lowest BCUT2D eigenvalue weighted by Crippen LogP contribution is -2.48. The van der Waals surface area contributed by atoms with Crippen molar-refractivity contribution in [2.24, 2.45) is 5.41 Å². The first kappa shape index (κ1) is 24.4. The molecule has 0 aliphatic carbocycles. The van der Waals surface area contributed by atoms with Crippen LogP contribution < -0.4 is 10.2 Å². The van der Waals surface area contributed by atoms with Gasteiger partial charge < -0.3 is 10.2 Å². The van der Waals surface area contributed by atoms with Crippen LogP contribution in [-0.4, -0.2) is 55.3 Å². The van der Waals surface area contributed by atoms with Crippen LogP contribution in [0, 0.1) is 25.6 Å². The zero-order chi connectivity index (χ0) is 24.4. The highest BCUT2D eigenvalue weighted by Gasteiger charge is 2.33. The maximum atomic E-state index is 13.0. The Kier molecular flexibility index (Phi) is 6.89. The second-order valence-corrected chi connectivity index (χ2v) is 10.9. The van der Waals surface area contributed by atoms with Gasteiger partial charge in [0.25, 0.3) is 11.4 Å². The Morgan fingerprint density at radius 3 is 2.12 bits per heavy atom. The molecule has 0 amide bonds. The Morgan fingerprint density at radius 2 is 1.55 bits per heavy atom. The summed E-state index contributed by atoms with van der Waals surface area (Å²) >= 11 is 0. The lowest BCUT2D eigenvalue weighted by molar-refractivity contribution is -0.387. The van der Waals surface area contributed by atoms with E-state index in [0.717, 1.165) is 5.69 Å². The molecule has 0 radical (unpaired) electrons. The van der Waals surface area contributed by atoms with Crippen molar-refractivity contribution in [3.05, 3.63) is 62.7 Å². The van der Waals surface area contributed by atoms with E-state index in [9.17, 15) is 28.6 Å². The molecule has 33 heavy (non-hydrogen) atoms. The normalized spacial score (nSPS) is 15.3. The number of benzene rings is 2. The van der Waals surface area contributed by atoms with Crippen molar-refractivity contribution in [3.63, 3.8) is 0 Å². The van der Waals surface area contributed by atoms with Crippen molar-refractivity contribution in [2.75, 3.05) is 42.9 Å². The largest absolute Gasteiger partial charge is 0.379 e. The molecule has 1 heterocycles. The Labute approximate surface area is 192 Å². The summed E-state index contributed by atoms with van der Waals surface area (Å²) in [6.45, 7) is 7.56. The molecule has 0 saturated carbocycles. The fraction of sp³-hybridized carbons (Fsp3) is 0.429. The molecule has 178 valence electrons. The van der Waals surface area contributed by atoms with Crippen LogP contribution in [0.3, 0.4) is 0 Å². The van der Waals surface area contributed by atoms with Gasteiger partial charge in [-0.15, -0.1) is 0 Å². The number of nitrogens with zero attached hydrogens (tertiary/aromatic N) is 4. The quantitative estimate of drug-likeness (QED) is 0.472. The van der Waals surface area contributed by atoms with Gasteiger partial charge in [0.1, 0.15) is 5.69 Å². The van der Waals surface area contributed by atoms with E-state index in [1.54, 1.807) is 12.1 Å². The number of para-hydroxylation sites is 1. The highest BCUT2D eigenvalue weighted by atomic mass is 32.2. The van der Waals surface area contributed by atoms with Crippen molar-refractivity contribution in [3.8, 4) is 0 Å². The van der Waals surface area contributed by atoms with Gasteiger partial charge in [-0.2, -0.15) is 4.31 Å². The topological polar surface area (TPSA) is 139 Å². The molecule has 2 aromatic rings. The van der Waals surface area contributed by atoms with Crippen LogP contribution in [0.25, 0.3) is 0 Å². The lowest BCUT2D eigenvalue weighted by atomic mass is 9.97. The number of hydrogen-bond acceptors (Lipinski definition) is 8. The van der Waals surface area contributed by atoms with Gasteiger partial charge in [-0.3, -0.25) is 20.2 Å². The molecule has 1 fully saturated rings. The summed E-state index contributed by atoms with van der Waals surface area (Å²) in [6.07, 6.45) is 0. The second kappa shape index (κ2) is 9.32. The van der Waals surface area contributed by atoms with Gasteiger partial charge in [-0.25, -0.2) is 8.42 Å². The van der Waals surface area contributed by atoms with E-state index in [1.807, 2.05) is 25.7 Å². The highest BCUT2D eigenvalue weighted by molar-refractivity contribution is 7.89. The Bertz CT molecular complexity index is 1150. The molecule has 1 saturated heterocycles. The number of sulfonamides is 1. The van der Waals surface area contributed by atoms with Gasteiger partial charge in [0.2, 0.25) is 10.0 Å². The molecule has 0 unspecified atom stereocenters. The van der Waals surface area contributed by atoms with Gasteiger partial charge in [0, 0.05) is 50.5 Å². The third-order valence-electron chi connectivity index (χ3n) is 5.27. The first-order valence-electron chi connectivity index (χ1n) is 10.4. The van der Waals surface area contributed by atoms with Gasteiger partial charge in [0.15, 0.2) is 4.90 Å². The Balaban J connectivity index is 1.78. The molecule has 3 rings (SSSR count). The van der Waals surface area contributed by atoms with E-state index >= 15 is 0 Å². The van der Waals surface area contributed by atoms with Gasteiger partial charge in [-0.05, 0) is 23.6 Å². The maximum Gasteiger partial charge on any atom is 0.292 e. The zero-order valence-electron chi connectivity index (χ0n) is 18.7. The summed E-state index contributed by atoms with van der Waals surface area (Å²) in [5.41, 5.74) is 0.580. The molecule has 0 aromatic heterocycles. The maximum absolute atomic E-state index is 13.0. The first-order valence-corrected chi connectivity index (χ1v) is 11.8. The monoisotopic (exact) mass is 477 g/mol. The average molecular weight is 478 g/mol. The predicted molar refractivity (Wildman–Crippen MR) is 125 cm³/mol. The van der Waals surface area contributed by atoms with Gasteiger partial charge >= 0.3 is 0 Å². The summed E-state index contributed by atoms with van der Waals surface area (Å²) in [5, 5.41) is 25.8. The van der Waals surface area contributed by atoms with Crippen LogP contribution in [0.5, 0.6) is 0 Å². The first-order chi connectivity index (χ1) is 15.4.